The number of rotatable bonds is 1. The zero-order chi connectivity index (χ0) is 10.0. The topological polar surface area (TPSA) is 77.1 Å². The van der Waals surface area contributed by atoms with Crippen LogP contribution in [0, 0.1) is 0 Å². The molecule has 4 N–H and O–H groups in total. The van der Waals surface area contributed by atoms with E-state index in [9.17, 15) is 9.59 Å². The molecule has 0 aromatic rings. The van der Waals surface area contributed by atoms with Crippen molar-refractivity contribution in [3.05, 3.63) is 0 Å². The van der Waals surface area contributed by atoms with Gasteiger partial charge in [-0.05, 0) is 0 Å². The van der Waals surface area contributed by atoms with Gasteiger partial charge < -0.3 is 16.0 Å². The Morgan fingerprint density at radius 3 is 2.62 bits per heavy atom. The highest BCUT2D eigenvalue weighted by Crippen LogP contribution is 2.15. The van der Waals surface area contributed by atoms with Crippen molar-refractivity contribution in [3.8, 4) is 0 Å². The minimum Gasteiger partial charge on any atom is -0.357 e. The van der Waals surface area contributed by atoms with Crippen LogP contribution in [0.5, 0.6) is 0 Å². The number of carbonyl (C=O) groups excluding carboxylic acids is 2. The van der Waals surface area contributed by atoms with Gasteiger partial charge in [0.2, 0.25) is 11.8 Å². The van der Waals surface area contributed by atoms with E-state index in [0.717, 1.165) is 0 Å². The lowest BCUT2D eigenvalue weighted by molar-refractivity contribution is -0.414. The van der Waals surface area contributed by atoms with Gasteiger partial charge in [0, 0.05) is 20.4 Å². The first-order valence-corrected chi connectivity index (χ1v) is 4.38. The third-order valence-electron chi connectivity index (χ3n) is 2.34. The van der Waals surface area contributed by atoms with Crippen molar-refractivity contribution < 1.29 is 15.3 Å². The number of quaternary nitrogens is 1. The van der Waals surface area contributed by atoms with E-state index in [0.29, 0.717) is 13.0 Å². The smallest absolute Gasteiger partial charge is 0.242 e. The molecule has 0 aromatic heterocycles. The van der Waals surface area contributed by atoms with E-state index in [1.54, 1.807) is 11.9 Å². The molecule has 1 aliphatic rings. The Morgan fingerprint density at radius 2 is 2.15 bits per heavy atom. The van der Waals surface area contributed by atoms with E-state index >= 15 is 0 Å². The fourth-order valence-electron chi connectivity index (χ4n) is 1.69. The minimum absolute atomic E-state index is 0.0558. The van der Waals surface area contributed by atoms with Gasteiger partial charge in [-0.3, -0.25) is 9.59 Å². The molecule has 5 heteroatoms. The van der Waals surface area contributed by atoms with Crippen LogP contribution < -0.4 is 11.1 Å². The normalized spacial score (nSPS) is 27.5. The SMILES string of the molecule is CNC(=O)[C@@H]1C[C@@H]([NH3+])CN1C(C)=O. The Bertz CT molecular complexity index is 229. The van der Waals surface area contributed by atoms with Gasteiger partial charge >= 0.3 is 0 Å². The van der Waals surface area contributed by atoms with Gasteiger partial charge in [-0.15, -0.1) is 0 Å². The summed E-state index contributed by atoms with van der Waals surface area (Å²) >= 11 is 0. The molecule has 1 fully saturated rings. The van der Waals surface area contributed by atoms with Gasteiger partial charge in [0.1, 0.15) is 12.1 Å². The standard InChI is InChI=1S/C8H15N3O2/c1-5(12)11-4-6(9)3-7(11)8(13)10-2/h6-7H,3-4,9H2,1-2H3,(H,10,13)/p+1/t6-,7+/m1/s1. The second kappa shape index (κ2) is 3.74. The summed E-state index contributed by atoms with van der Waals surface area (Å²) in [6, 6.07) is -0.142. The second-order valence-corrected chi connectivity index (χ2v) is 3.40. The molecule has 1 heterocycles. The summed E-state index contributed by atoms with van der Waals surface area (Å²) in [5.41, 5.74) is 3.86. The maximum Gasteiger partial charge on any atom is 0.242 e. The van der Waals surface area contributed by atoms with Crippen molar-refractivity contribution >= 4 is 11.8 Å². The van der Waals surface area contributed by atoms with E-state index in [1.165, 1.54) is 6.92 Å². The maximum absolute atomic E-state index is 11.3. The van der Waals surface area contributed by atoms with E-state index in [1.807, 2.05) is 0 Å². The molecule has 0 bridgehead atoms. The zero-order valence-electron chi connectivity index (χ0n) is 8.04. The molecular formula is C8H16N3O2+. The average molecular weight is 186 g/mol. The van der Waals surface area contributed by atoms with Crippen LogP contribution in [0.3, 0.4) is 0 Å². The summed E-state index contributed by atoms with van der Waals surface area (Å²) in [5.74, 6) is -0.152. The summed E-state index contributed by atoms with van der Waals surface area (Å²) in [6.45, 7) is 2.07. The Balaban J connectivity index is 2.71. The lowest BCUT2D eigenvalue weighted by atomic mass is 10.1. The molecule has 1 aliphatic heterocycles. The van der Waals surface area contributed by atoms with Crippen LogP contribution in [-0.2, 0) is 9.59 Å². The highest BCUT2D eigenvalue weighted by atomic mass is 16.2. The molecule has 0 spiro atoms. The molecule has 0 aliphatic carbocycles. The van der Waals surface area contributed by atoms with Crippen molar-refractivity contribution in [2.24, 2.45) is 0 Å². The number of likely N-dealkylation sites (N-methyl/N-ethyl adjacent to an activating group) is 1. The van der Waals surface area contributed by atoms with E-state index in [-0.39, 0.29) is 23.9 Å². The molecule has 5 nitrogen and oxygen atoms in total. The van der Waals surface area contributed by atoms with Crippen molar-refractivity contribution in [3.63, 3.8) is 0 Å². The van der Waals surface area contributed by atoms with Gasteiger partial charge in [0.05, 0.1) is 6.54 Å². The monoisotopic (exact) mass is 186 g/mol. The number of hydrogen-bond donors (Lipinski definition) is 2. The molecule has 74 valence electrons. The predicted octanol–water partition coefficient (Wildman–Crippen LogP) is -2.04. The van der Waals surface area contributed by atoms with Crippen LogP contribution in [0.2, 0.25) is 0 Å². The summed E-state index contributed by atoms with van der Waals surface area (Å²) in [5, 5.41) is 2.55. The lowest BCUT2D eigenvalue weighted by Crippen LogP contribution is -2.62. The summed E-state index contributed by atoms with van der Waals surface area (Å²) in [7, 11) is 1.58. The number of nitrogens with one attached hydrogen (secondary N) is 1. The minimum atomic E-state index is -0.315. The third-order valence-corrected chi connectivity index (χ3v) is 2.34. The first-order valence-electron chi connectivity index (χ1n) is 4.38. The van der Waals surface area contributed by atoms with Crippen molar-refractivity contribution in [1.29, 1.82) is 0 Å². The molecule has 2 atom stereocenters. The molecule has 0 unspecified atom stereocenters. The van der Waals surface area contributed by atoms with E-state index in [4.69, 9.17) is 0 Å². The quantitative estimate of drug-likeness (QED) is 0.495. The number of nitrogens with zero attached hydrogens (tertiary/aromatic N) is 1. The first-order chi connectivity index (χ1) is 6.06. The molecule has 1 saturated heterocycles. The maximum atomic E-state index is 11.3. The fraction of sp³-hybridized carbons (Fsp3) is 0.750. The summed E-state index contributed by atoms with van der Waals surface area (Å²) in [4.78, 5) is 24.1. The molecule has 2 amide bonds. The largest absolute Gasteiger partial charge is 0.357 e. The Morgan fingerprint density at radius 1 is 1.54 bits per heavy atom. The number of hydrogen-bond acceptors (Lipinski definition) is 2. The summed E-state index contributed by atoms with van der Waals surface area (Å²) < 4.78 is 0. The second-order valence-electron chi connectivity index (χ2n) is 3.40. The fourth-order valence-corrected chi connectivity index (χ4v) is 1.69. The van der Waals surface area contributed by atoms with Crippen molar-refractivity contribution in [1.82, 2.24) is 10.2 Å². The first kappa shape index (κ1) is 9.98. The highest BCUT2D eigenvalue weighted by Gasteiger charge is 2.37. The molecular weight excluding hydrogens is 170 g/mol. The Kier molecular flexibility index (Phi) is 2.87. The van der Waals surface area contributed by atoms with Gasteiger partial charge in [-0.25, -0.2) is 0 Å². The van der Waals surface area contributed by atoms with E-state index in [2.05, 4.69) is 11.1 Å². The molecule has 0 aromatic carbocycles. The summed E-state index contributed by atoms with van der Waals surface area (Å²) in [6.07, 6.45) is 0.666. The zero-order valence-corrected chi connectivity index (χ0v) is 8.04. The van der Waals surface area contributed by atoms with Crippen LogP contribution in [-0.4, -0.2) is 42.4 Å². The Labute approximate surface area is 77.3 Å². The van der Waals surface area contributed by atoms with Crippen LogP contribution in [0.25, 0.3) is 0 Å². The number of likely N-dealkylation sites (tertiary alicyclic amines) is 1. The van der Waals surface area contributed by atoms with Crippen LogP contribution in [0.15, 0.2) is 0 Å². The van der Waals surface area contributed by atoms with Crippen LogP contribution >= 0.6 is 0 Å². The molecule has 13 heavy (non-hydrogen) atoms. The number of amides is 2. The van der Waals surface area contributed by atoms with Crippen LogP contribution in [0.1, 0.15) is 13.3 Å². The predicted molar refractivity (Wildman–Crippen MR) is 46.5 cm³/mol. The van der Waals surface area contributed by atoms with E-state index < -0.39 is 0 Å². The highest BCUT2D eigenvalue weighted by molar-refractivity contribution is 5.87. The van der Waals surface area contributed by atoms with Crippen molar-refractivity contribution in [2.75, 3.05) is 13.6 Å². The van der Waals surface area contributed by atoms with Gasteiger partial charge in [-0.2, -0.15) is 0 Å². The average Bonchev–Trinajstić information content (AvgIpc) is 2.46. The third kappa shape index (κ3) is 1.98. The van der Waals surface area contributed by atoms with Crippen molar-refractivity contribution in [2.45, 2.75) is 25.4 Å². The molecule has 0 saturated carbocycles. The molecule has 1 rings (SSSR count). The van der Waals surface area contributed by atoms with Gasteiger partial charge in [-0.1, -0.05) is 0 Å². The van der Waals surface area contributed by atoms with Crippen LogP contribution in [0.4, 0.5) is 0 Å². The van der Waals surface area contributed by atoms with Gasteiger partial charge in [0.15, 0.2) is 0 Å². The Hall–Kier alpha value is -1.10. The van der Waals surface area contributed by atoms with Gasteiger partial charge in [0.25, 0.3) is 0 Å². The number of carbonyl (C=O) groups is 2. The molecule has 0 radical (unpaired) electrons. The lowest BCUT2D eigenvalue weighted by Gasteiger charge is -2.20.